The number of anilines is 1. The topological polar surface area (TPSA) is 97.4 Å². The van der Waals surface area contributed by atoms with Crippen molar-refractivity contribution in [2.24, 2.45) is 0 Å². The summed E-state index contributed by atoms with van der Waals surface area (Å²) in [6.07, 6.45) is 1.71. The summed E-state index contributed by atoms with van der Waals surface area (Å²) in [5, 5.41) is 3.52. The summed E-state index contributed by atoms with van der Waals surface area (Å²) in [4.78, 5) is 17.6. The molecule has 4 aromatic rings. The van der Waals surface area contributed by atoms with Crippen molar-refractivity contribution in [1.82, 2.24) is 9.71 Å². The van der Waals surface area contributed by atoms with Crippen LogP contribution < -0.4 is 14.8 Å². The van der Waals surface area contributed by atoms with Crippen molar-refractivity contribution in [3.63, 3.8) is 0 Å². The van der Waals surface area contributed by atoms with Gasteiger partial charge in [-0.05, 0) is 48.7 Å². The predicted octanol–water partition coefficient (Wildman–Crippen LogP) is 4.08. The highest BCUT2D eigenvalue weighted by Crippen LogP contribution is 2.26. The van der Waals surface area contributed by atoms with E-state index in [1.807, 2.05) is 43.3 Å². The van der Waals surface area contributed by atoms with Crippen molar-refractivity contribution >= 4 is 32.5 Å². The van der Waals surface area contributed by atoms with Gasteiger partial charge in [0.15, 0.2) is 0 Å². The van der Waals surface area contributed by atoms with Crippen LogP contribution in [0.1, 0.15) is 11.1 Å². The van der Waals surface area contributed by atoms with Gasteiger partial charge in [-0.15, -0.1) is 0 Å². The molecule has 1 atom stereocenters. The third-order valence-electron chi connectivity index (χ3n) is 5.39. The zero-order valence-electron chi connectivity index (χ0n) is 18.9. The van der Waals surface area contributed by atoms with E-state index in [9.17, 15) is 13.2 Å². The largest absolute Gasteiger partial charge is 0.495 e. The monoisotopic (exact) mass is 475 g/mol. The third-order valence-corrected chi connectivity index (χ3v) is 6.90. The van der Waals surface area contributed by atoms with Crippen LogP contribution in [-0.4, -0.2) is 32.5 Å². The summed E-state index contributed by atoms with van der Waals surface area (Å²) in [6, 6.07) is 22.0. The maximum atomic E-state index is 13.4. The zero-order chi connectivity index (χ0) is 24.1. The second-order valence-corrected chi connectivity index (χ2v) is 9.57. The highest BCUT2D eigenvalue weighted by atomic mass is 32.2. The van der Waals surface area contributed by atoms with Crippen molar-refractivity contribution in [1.29, 1.82) is 0 Å². The number of amides is 1. The van der Waals surface area contributed by atoms with Gasteiger partial charge in [0.05, 0.1) is 18.3 Å². The van der Waals surface area contributed by atoms with Crippen LogP contribution in [-0.2, 0) is 21.2 Å². The molecule has 0 saturated carbocycles. The minimum Gasteiger partial charge on any atom is -0.495 e. The molecule has 0 fully saturated rings. The fourth-order valence-corrected chi connectivity index (χ4v) is 5.10. The summed E-state index contributed by atoms with van der Waals surface area (Å²) in [5.41, 5.74) is 2.56. The molecule has 0 aliphatic carbocycles. The lowest BCUT2D eigenvalue weighted by atomic mass is 10.1. The van der Waals surface area contributed by atoms with Gasteiger partial charge < -0.3 is 10.1 Å². The number of rotatable bonds is 8. The molecule has 7 nitrogen and oxygen atoms in total. The predicted molar refractivity (Wildman–Crippen MR) is 132 cm³/mol. The number of nitrogens with one attached hydrogen (secondary N) is 2. The lowest BCUT2D eigenvalue weighted by Crippen LogP contribution is -2.45. The molecule has 1 amide bonds. The molecular formula is C26H25N3O4S. The maximum absolute atomic E-state index is 13.4. The lowest BCUT2D eigenvalue weighted by Gasteiger charge is -2.20. The van der Waals surface area contributed by atoms with Crippen molar-refractivity contribution in [2.45, 2.75) is 24.3 Å². The minimum absolute atomic E-state index is 0.0181. The molecule has 1 aromatic heterocycles. The Morgan fingerprint density at radius 2 is 1.76 bits per heavy atom. The Balaban J connectivity index is 1.68. The van der Waals surface area contributed by atoms with Crippen LogP contribution in [0.5, 0.6) is 5.75 Å². The molecule has 0 saturated heterocycles. The number of aromatic nitrogens is 1. The van der Waals surface area contributed by atoms with Gasteiger partial charge in [-0.2, -0.15) is 4.72 Å². The van der Waals surface area contributed by atoms with Crippen LogP contribution >= 0.6 is 0 Å². The van der Waals surface area contributed by atoms with E-state index >= 15 is 0 Å². The fourth-order valence-electron chi connectivity index (χ4n) is 3.72. The van der Waals surface area contributed by atoms with Gasteiger partial charge in [0.2, 0.25) is 15.9 Å². The number of fused-ring (bicyclic) bond motifs is 1. The normalized spacial score (nSPS) is 12.3. The van der Waals surface area contributed by atoms with Gasteiger partial charge in [0.1, 0.15) is 16.7 Å². The second kappa shape index (κ2) is 10.0. The Kier molecular flexibility index (Phi) is 6.90. The van der Waals surface area contributed by atoms with E-state index in [2.05, 4.69) is 15.0 Å². The Hall–Kier alpha value is -3.75. The molecule has 8 heteroatoms. The molecule has 0 radical (unpaired) electrons. The Morgan fingerprint density at radius 3 is 2.53 bits per heavy atom. The number of carbonyl (C=O) groups excluding carboxylic acids is 1. The first-order valence-corrected chi connectivity index (χ1v) is 12.2. The van der Waals surface area contributed by atoms with Gasteiger partial charge in [0, 0.05) is 11.6 Å². The van der Waals surface area contributed by atoms with Crippen molar-refractivity contribution in [3.05, 3.63) is 96.2 Å². The smallest absolute Gasteiger partial charge is 0.243 e. The van der Waals surface area contributed by atoms with E-state index < -0.39 is 22.0 Å². The number of benzene rings is 3. The number of carbonyl (C=O) groups is 1. The number of hydrogen-bond acceptors (Lipinski definition) is 5. The molecule has 1 heterocycles. The van der Waals surface area contributed by atoms with Crippen molar-refractivity contribution in [2.75, 3.05) is 12.4 Å². The van der Waals surface area contributed by atoms with E-state index in [0.717, 1.165) is 11.1 Å². The molecular weight excluding hydrogens is 450 g/mol. The molecule has 0 aliphatic rings. The average Bonchev–Trinajstić information content (AvgIpc) is 2.84. The third kappa shape index (κ3) is 5.24. The molecule has 34 heavy (non-hydrogen) atoms. The molecule has 3 aromatic carbocycles. The van der Waals surface area contributed by atoms with Crippen LogP contribution in [0.15, 0.2) is 90.0 Å². The number of pyridine rings is 1. The Labute approximate surface area is 198 Å². The van der Waals surface area contributed by atoms with Crippen LogP contribution in [0.2, 0.25) is 0 Å². The number of nitrogens with zero attached hydrogens (tertiary/aromatic N) is 1. The van der Waals surface area contributed by atoms with Gasteiger partial charge in [-0.1, -0.05) is 54.6 Å². The molecule has 4 rings (SSSR count). The number of aryl methyl sites for hydroxylation is 1. The van der Waals surface area contributed by atoms with Crippen LogP contribution in [0.25, 0.3) is 10.9 Å². The average molecular weight is 476 g/mol. The fraction of sp³-hybridized carbons (Fsp3) is 0.154. The molecule has 174 valence electrons. The first-order valence-electron chi connectivity index (χ1n) is 10.7. The zero-order valence-corrected chi connectivity index (χ0v) is 19.7. The van der Waals surface area contributed by atoms with E-state index in [0.29, 0.717) is 22.3 Å². The van der Waals surface area contributed by atoms with E-state index in [4.69, 9.17) is 4.74 Å². The number of methoxy groups -OCH3 is 1. The summed E-state index contributed by atoms with van der Waals surface area (Å²) in [6.45, 7) is 1.90. The molecule has 2 N–H and O–H groups in total. The van der Waals surface area contributed by atoms with Crippen LogP contribution in [0.3, 0.4) is 0 Å². The highest BCUT2D eigenvalue weighted by molar-refractivity contribution is 7.89. The van der Waals surface area contributed by atoms with Gasteiger partial charge in [-0.3, -0.25) is 9.78 Å². The van der Waals surface area contributed by atoms with Gasteiger partial charge in [-0.25, -0.2) is 8.42 Å². The number of para-hydroxylation sites is 1. The standard InChI is InChI=1S/C26H25N3O4S/c1-18-13-14-23(33-2)21(16-18)28-26(30)22(17-19-8-4-3-5-9-19)29-34(31,32)24-12-6-10-20-11-7-15-27-25(20)24/h3-16,22,29H,17H2,1-2H3,(H,28,30)/t22-/m1/s1. The Morgan fingerprint density at radius 1 is 1.00 bits per heavy atom. The van der Waals surface area contributed by atoms with E-state index in [1.54, 1.807) is 42.6 Å². The summed E-state index contributed by atoms with van der Waals surface area (Å²) in [7, 11) is -2.56. The summed E-state index contributed by atoms with van der Waals surface area (Å²) in [5.74, 6) is -0.0111. The maximum Gasteiger partial charge on any atom is 0.243 e. The number of sulfonamides is 1. The van der Waals surface area contributed by atoms with Crippen molar-refractivity contribution < 1.29 is 17.9 Å². The Bertz CT molecular complexity index is 1420. The minimum atomic E-state index is -4.07. The van der Waals surface area contributed by atoms with Crippen LogP contribution in [0, 0.1) is 6.92 Å². The molecule has 0 unspecified atom stereocenters. The quantitative estimate of drug-likeness (QED) is 0.400. The number of hydrogen-bond donors (Lipinski definition) is 2. The van der Waals surface area contributed by atoms with Crippen LogP contribution in [0.4, 0.5) is 5.69 Å². The lowest BCUT2D eigenvalue weighted by molar-refractivity contribution is -0.117. The highest BCUT2D eigenvalue weighted by Gasteiger charge is 2.28. The van der Waals surface area contributed by atoms with E-state index in [-0.39, 0.29) is 11.3 Å². The summed E-state index contributed by atoms with van der Waals surface area (Å²) >= 11 is 0. The summed E-state index contributed by atoms with van der Waals surface area (Å²) < 4.78 is 34.8. The molecule has 0 aliphatic heterocycles. The first-order chi connectivity index (χ1) is 16.4. The second-order valence-electron chi connectivity index (χ2n) is 7.89. The SMILES string of the molecule is COc1ccc(C)cc1NC(=O)[C@@H](Cc1ccccc1)NS(=O)(=O)c1cccc2cccnc12. The van der Waals surface area contributed by atoms with Crippen molar-refractivity contribution in [3.8, 4) is 5.75 Å². The van der Waals surface area contributed by atoms with Gasteiger partial charge >= 0.3 is 0 Å². The molecule has 0 bridgehead atoms. The van der Waals surface area contributed by atoms with E-state index in [1.165, 1.54) is 13.2 Å². The van der Waals surface area contributed by atoms with Gasteiger partial charge in [0.25, 0.3) is 0 Å². The first kappa shape index (κ1) is 23.4. The number of ether oxygens (including phenoxy) is 1. The molecule has 0 spiro atoms.